The lowest BCUT2D eigenvalue weighted by molar-refractivity contribution is -0.119. The average molecular weight is 247 g/mol. The summed E-state index contributed by atoms with van der Waals surface area (Å²) in [4.78, 5) is 33.2. The summed E-state index contributed by atoms with van der Waals surface area (Å²) < 4.78 is 0. The average Bonchev–Trinajstić information content (AvgIpc) is 2.77. The Labute approximate surface area is 102 Å². The van der Waals surface area contributed by atoms with E-state index >= 15 is 0 Å². The fourth-order valence-electron chi connectivity index (χ4n) is 2.01. The molecule has 6 heteroatoms. The van der Waals surface area contributed by atoms with Crippen LogP contribution in [0.4, 0.5) is 0 Å². The number of thioether (sulfide) groups is 1. The standard InChI is InChI=1S/C11H9N3O2S/c1-5-10(15)13-9-8-6(11(16)14(5)9)3-4-7(12-8)17-2/h3-5H,1-2H3. The first kappa shape index (κ1) is 10.5. The molecule has 0 radical (unpaired) electrons. The quantitative estimate of drug-likeness (QED) is 0.693. The zero-order valence-electron chi connectivity index (χ0n) is 9.30. The Kier molecular flexibility index (Phi) is 2.09. The number of hydrogen-bond acceptors (Lipinski definition) is 4. The maximum Gasteiger partial charge on any atom is 0.270 e. The lowest BCUT2D eigenvalue weighted by Crippen LogP contribution is -2.36. The number of pyridine rings is 1. The number of amidine groups is 1. The Morgan fingerprint density at radius 2 is 2.12 bits per heavy atom. The van der Waals surface area contributed by atoms with Crippen molar-refractivity contribution in [2.75, 3.05) is 6.26 Å². The summed E-state index contributed by atoms with van der Waals surface area (Å²) in [6.07, 6.45) is 1.91. The van der Waals surface area contributed by atoms with Crippen molar-refractivity contribution >= 4 is 29.4 Å². The third kappa shape index (κ3) is 1.27. The second kappa shape index (κ2) is 3.40. The van der Waals surface area contributed by atoms with Gasteiger partial charge >= 0.3 is 0 Å². The monoisotopic (exact) mass is 247 g/mol. The van der Waals surface area contributed by atoms with Crippen LogP contribution in [-0.4, -0.2) is 39.8 Å². The first-order chi connectivity index (χ1) is 8.13. The van der Waals surface area contributed by atoms with Crippen molar-refractivity contribution in [2.45, 2.75) is 18.0 Å². The first-order valence-electron chi connectivity index (χ1n) is 5.15. The van der Waals surface area contributed by atoms with Crippen molar-refractivity contribution in [1.82, 2.24) is 9.88 Å². The van der Waals surface area contributed by atoms with E-state index in [0.29, 0.717) is 17.1 Å². The number of amides is 2. The van der Waals surface area contributed by atoms with Crippen LogP contribution in [0.5, 0.6) is 0 Å². The maximum absolute atomic E-state index is 12.1. The second-order valence-corrected chi connectivity index (χ2v) is 4.70. The zero-order chi connectivity index (χ0) is 12.2. The number of carbonyl (C=O) groups excluding carboxylic acids is 2. The van der Waals surface area contributed by atoms with Crippen LogP contribution < -0.4 is 0 Å². The van der Waals surface area contributed by atoms with Crippen molar-refractivity contribution in [3.05, 3.63) is 23.4 Å². The van der Waals surface area contributed by atoms with Gasteiger partial charge in [-0.15, -0.1) is 11.8 Å². The van der Waals surface area contributed by atoms with Crippen LogP contribution in [0.15, 0.2) is 22.2 Å². The highest BCUT2D eigenvalue weighted by Crippen LogP contribution is 2.29. The summed E-state index contributed by atoms with van der Waals surface area (Å²) in [6, 6.07) is 3.04. The Morgan fingerprint density at radius 3 is 2.82 bits per heavy atom. The largest absolute Gasteiger partial charge is 0.278 e. The molecule has 5 nitrogen and oxygen atoms in total. The molecule has 3 heterocycles. The molecule has 3 rings (SSSR count). The highest BCUT2D eigenvalue weighted by atomic mass is 32.2. The molecule has 0 aliphatic carbocycles. The van der Waals surface area contributed by atoms with Gasteiger partial charge in [0, 0.05) is 0 Å². The van der Waals surface area contributed by atoms with Gasteiger partial charge in [0.1, 0.15) is 11.7 Å². The summed E-state index contributed by atoms with van der Waals surface area (Å²) in [5.41, 5.74) is 1.06. The Balaban J connectivity index is 2.21. The fraction of sp³-hybridized carbons (Fsp3) is 0.273. The molecular formula is C11H9N3O2S. The second-order valence-electron chi connectivity index (χ2n) is 3.87. The van der Waals surface area contributed by atoms with Crippen LogP contribution in [0.25, 0.3) is 0 Å². The molecule has 0 saturated carbocycles. The van der Waals surface area contributed by atoms with Crippen molar-refractivity contribution in [3.8, 4) is 0 Å². The molecule has 1 aromatic rings. The van der Waals surface area contributed by atoms with Gasteiger partial charge in [0.05, 0.1) is 10.6 Å². The van der Waals surface area contributed by atoms with Crippen molar-refractivity contribution in [1.29, 1.82) is 0 Å². The van der Waals surface area contributed by atoms with Gasteiger partial charge in [0.25, 0.3) is 11.8 Å². The molecule has 0 bridgehead atoms. The van der Waals surface area contributed by atoms with E-state index in [2.05, 4.69) is 9.98 Å². The van der Waals surface area contributed by atoms with E-state index in [1.165, 1.54) is 16.7 Å². The maximum atomic E-state index is 12.1. The predicted octanol–water partition coefficient (Wildman–Crippen LogP) is 0.935. The molecule has 17 heavy (non-hydrogen) atoms. The van der Waals surface area contributed by atoms with Gasteiger partial charge in [-0.25, -0.2) is 4.98 Å². The molecule has 1 unspecified atom stereocenters. The minimum atomic E-state index is -0.510. The van der Waals surface area contributed by atoms with E-state index < -0.39 is 6.04 Å². The van der Waals surface area contributed by atoms with E-state index in [1.807, 2.05) is 6.26 Å². The van der Waals surface area contributed by atoms with E-state index in [9.17, 15) is 9.59 Å². The Bertz CT molecular complexity index is 582. The van der Waals surface area contributed by atoms with Gasteiger partial charge in [-0.05, 0) is 25.3 Å². The number of carbonyl (C=O) groups is 2. The highest BCUT2D eigenvalue weighted by Gasteiger charge is 2.45. The molecule has 0 saturated heterocycles. The number of nitrogens with zero attached hydrogens (tertiary/aromatic N) is 3. The molecule has 2 aliphatic rings. The Hall–Kier alpha value is -1.69. The van der Waals surface area contributed by atoms with Crippen molar-refractivity contribution < 1.29 is 9.59 Å². The minimum Gasteiger partial charge on any atom is -0.278 e. The first-order valence-corrected chi connectivity index (χ1v) is 6.37. The number of aliphatic imine (C=N–C) groups is 1. The third-order valence-corrected chi connectivity index (χ3v) is 3.57. The van der Waals surface area contributed by atoms with Crippen molar-refractivity contribution in [2.24, 2.45) is 4.99 Å². The normalized spacial score (nSPS) is 21.6. The molecule has 1 atom stereocenters. The van der Waals surface area contributed by atoms with Gasteiger partial charge in [-0.3, -0.25) is 14.5 Å². The van der Waals surface area contributed by atoms with Crippen LogP contribution in [0, 0.1) is 0 Å². The molecule has 86 valence electrons. The van der Waals surface area contributed by atoms with E-state index in [-0.39, 0.29) is 11.8 Å². The van der Waals surface area contributed by atoms with Gasteiger partial charge in [0.15, 0.2) is 5.84 Å². The molecular weight excluding hydrogens is 238 g/mol. The Morgan fingerprint density at radius 1 is 1.35 bits per heavy atom. The number of aromatic nitrogens is 1. The molecule has 0 fully saturated rings. The fourth-order valence-corrected chi connectivity index (χ4v) is 2.40. The van der Waals surface area contributed by atoms with E-state index in [4.69, 9.17) is 0 Å². The van der Waals surface area contributed by atoms with Crippen LogP contribution in [0.2, 0.25) is 0 Å². The van der Waals surface area contributed by atoms with E-state index in [0.717, 1.165) is 5.03 Å². The highest BCUT2D eigenvalue weighted by molar-refractivity contribution is 7.98. The third-order valence-electron chi connectivity index (χ3n) is 2.93. The summed E-state index contributed by atoms with van der Waals surface area (Å²) in [7, 11) is 0. The molecule has 0 N–H and O–H groups in total. The van der Waals surface area contributed by atoms with Crippen LogP contribution >= 0.6 is 11.8 Å². The zero-order valence-corrected chi connectivity index (χ0v) is 10.1. The van der Waals surface area contributed by atoms with Crippen LogP contribution in [0.1, 0.15) is 23.0 Å². The molecule has 2 aliphatic heterocycles. The number of fused-ring (bicyclic) bond motifs is 3. The summed E-state index contributed by atoms with van der Waals surface area (Å²) >= 11 is 1.49. The van der Waals surface area contributed by atoms with Gasteiger partial charge in [-0.1, -0.05) is 0 Å². The molecule has 0 aromatic carbocycles. The van der Waals surface area contributed by atoms with Gasteiger partial charge < -0.3 is 0 Å². The van der Waals surface area contributed by atoms with Crippen molar-refractivity contribution in [3.63, 3.8) is 0 Å². The smallest absolute Gasteiger partial charge is 0.270 e. The minimum absolute atomic E-state index is 0.183. The summed E-state index contributed by atoms with van der Waals surface area (Å²) in [6.45, 7) is 1.68. The SMILES string of the molecule is CSc1ccc2c(n1)C1=NC(=O)C(C)N1C2=O. The summed E-state index contributed by atoms with van der Waals surface area (Å²) in [5, 5.41) is 0.813. The van der Waals surface area contributed by atoms with Crippen LogP contribution in [0.3, 0.4) is 0 Å². The lowest BCUT2D eigenvalue weighted by atomic mass is 10.2. The van der Waals surface area contributed by atoms with Gasteiger partial charge in [-0.2, -0.15) is 4.99 Å². The number of hydrogen-bond donors (Lipinski definition) is 0. The number of rotatable bonds is 1. The van der Waals surface area contributed by atoms with Crippen LogP contribution in [-0.2, 0) is 4.79 Å². The lowest BCUT2D eigenvalue weighted by Gasteiger charge is -2.13. The predicted molar refractivity (Wildman–Crippen MR) is 63.2 cm³/mol. The van der Waals surface area contributed by atoms with Gasteiger partial charge in [0.2, 0.25) is 0 Å². The topological polar surface area (TPSA) is 62.6 Å². The van der Waals surface area contributed by atoms with E-state index in [1.54, 1.807) is 19.1 Å². The summed E-state index contributed by atoms with van der Waals surface area (Å²) in [5.74, 6) is -0.0639. The molecule has 1 aromatic heterocycles. The molecule has 0 spiro atoms. The molecule has 2 amide bonds.